The first-order valence-electron chi connectivity index (χ1n) is 6.38. The maximum Gasteiger partial charge on any atom is 0.0513 e. The first-order chi connectivity index (χ1) is 9.06. The lowest BCUT2D eigenvalue weighted by Gasteiger charge is -2.10. The monoisotopic (exact) mass is 290 g/mol. The highest BCUT2D eigenvalue weighted by Gasteiger charge is 2.02. The molecule has 2 unspecified atom stereocenters. The minimum atomic E-state index is 0.431. The lowest BCUT2D eigenvalue weighted by Crippen LogP contribution is -2.03. The Labute approximate surface area is 119 Å². The topological polar surface area (TPSA) is 9.23 Å². The zero-order chi connectivity index (χ0) is 13.8. The van der Waals surface area contributed by atoms with Crippen molar-refractivity contribution in [1.82, 2.24) is 0 Å². The van der Waals surface area contributed by atoms with E-state index in [9.17, 15) is 0 Å². The second-order valence-electron chi connectivity index (χ2n) is 4.94. The Kier molecular flexibility index (Phi) is 5.11. The van der Waals surface area contributed by atoms with Crippen LogP contribution < -0.4 is 10.6 Å². The quantitative estimate of drug-likeness (QED) is 0.771. The van der Waals surface area contributed by atoms with Gasteiger partial charge in [-0.3, -0.25) is 0 Å². The van der Waals surface area contributed by atoms with E-state index in [1.54, 1.807) is 0 Å². The van der Waals surface area contributed by atoms with E-state index in [4.69, 9.17) is 4.31 Å². The lowest BCUT2D eigenvalue weighted by molar-refractivity contribution is 0.740. The highest BCUT2D eigenvalue weighted by Crippen LogP contribution is 2.28. The van der Waals surface area contributed by atoms with Crippen molar-refractivity contribution in [2.45, 2.75) is 27.7 Å². The molecule has 0 amide bonds. The van der Waals surface area contributed by atoms with Crippen LogP contribution in [-0.2, 0) is 4.31 Å². The minimum Gasteiger partial charge on any atom is -0.334 e. The van der Waals surface area contributed by atoms with Crippen molar-refractivity contribution in [2.24, 2.45) is 0 Å². The Morgan fingerprint density at radius 3 is 1.53 bits per heavy atom. The van der Waals surface area contributed by atoms with Gasteiger partial charge in [0.1, 0.15) is 0 Å². The van der Waals surface area contributed by atoms with Crippen LogP contribution in [0, 0.1) is 27.7 Å². The van der Waals surface area contributed by atoms with Gasteiger partial charge in [0, 0.05) is 10.6 Å². The fourth-order valence-electron chi connectivity index (χ4n) is 1.83. The van der Waals surface area contributed by atoms with Crippen LogP contribution in [-0.4, -0.2) is 0 Å². The van der Waals surface area contributed by atoms with Crippen molar-refractivity contribution >= 4 is 28.2 Å². The zero-order valence-corrected chi connectivity index (χ0v) is 13.9. The Hall–Kier alpha value is -0.740. The lowest BCUT2D eigenvalue weighted by atomic mass is 10.2. The Morgan fingerprint density at radius 1 is 0.684 bits per heavy atom. The second-order valence-corrected chi connectivity index (χ2v) is 7.25. The fraction of sp³-hybridized carbons (Fsp3) is 0.250. The SMILES string of the molecule is Cc1ccc(C)c(POPc2cc(C)ccc2C)c1. The van der Waals surface area contributed by atoms with E-state index in [1.807, 2.05) is 0 Å². The fourth-order valence-corrected chi connectivity index (χ4v) is 3.97. The largest absolute Gasteiger partial charge is 0.334 e. The van der Waals surface area contributed by atoms with Gasteiger partial charge < -0.3 is 4.31 Å². The summed E-state index contributed by atoms with van der Waals surface area (Å²) in [7, 11) is 0.861. The van der Waals surface area contributed by atoms with Crippen LogP contribution in [0.4, 0.5) is 0 Å². The Morgan fingerprint density at radius 2 is 1.11 bits per heavy atom. The van der Waals surface area contributed by atoms with Crippen LogP contribution in [0.25, 0.3) is 0 Å². The Bertz CT molecular complexity index is 527. The molecule has 0 N–H and O–H groups in total. The predicted molar refractivity (Wildman–Crippen MR) is 88.8 cm³/mol. The molecule has 0 aromatic heterocycles. The van der Waals surface area contributed by atoms with Gasteiger partial charge in [0.25, 0.3) is 0 Å². The minimum absolute atomic E-state index is 0.431. The van der Waals surface area contributed by atoms with Crippen LogP contribution in [0.1, 0.15) is 22.3 Å². The average Bonchev–Trinajstić information content (AvgIpc) is 2.38. The number of hydrogen-bond acceptors (Lipinski definition) is 1. The molecule has 0 aliphatic rings. The molecule has 0 heterocycles. The van der Waals surface area contributed by atoms with E-state index in [1.165, 1.54) is 32.9 Å². The number of aryl methyl sites for hydroxylation is 4. The van der Waals surface area contributed by atoms with E-state index >= 15 is 0 Å². The normalized spacial score (nSPS) is 12.0. The van der Waals surface area contributed by atoms with E-state index < -0.39 is 0 Å². The summed E-state index contributed by atoms with van der Waals surface area (Å²) in [5.74, 6) is 0. The molecule has 0 radical (unpaired) electrons. The van der Waals surface area contributed by atoms with E-state index in [-0.39, 0.29) is 0 Å². The molecule has 0 bridgehead atoms. The van der Waals surface area contributed by atoms with Crippen LogP contribution in [0.3, 0.4) is 0 Å². The summed E-state index contributed by atoms with van der Waals surface area (Å²) in [6.45, 7) is 8.54. The molecule has 2 atom stereocenters. The molecule has 0 fully saturated rings. The molecule has 2 aromatic rings. The molecule has 3 heteroatoms. The van der Waals surface area contributed by atoms with Gasteiger partial charge in [0.05, 0.1) is 17.6 Å². The third kappa shape index (κ3) is 4.11. The third-order valence-corrected chi connectivity index (χ3v) is 5.44. The number of rotatable bonds is 4. The van der Waals surface area contributed by atoms with E-state index in [2.05, 4.69) is 64.1 Å². The number of benzene rings is 2. The highest BCUT2D eigenvalue weighted by molar-refractivity contribution is 7.55. The molecule has 2 rings (SSSR count). The molecular weight excluding hydrogens is 270 g/mol. The maximum atomic E-state index is 5.93. The summed E-state index contributed by atoms with van der Waals surface area (Å²) >= 11 is 0. The molecule has 0 aliphatic heterocycles. The average molecular weight is 290 g/mol. The van der Waals surface area contributed by atoms with Gasteiger partial charge in [0.15, 0.2) is 0 Å². The summed E-state index contributed by atoms with van der Waals surface area (Å²) in [6.07, 6.45) is 0. The van der Waals surface area contributed by atoms with Crippen molar-refractivity contribution in [1.29, 1.82) is 0 Å². The van der Waals surface area contributed by atoms with Gasteiger partial charge in [-0.15, -0.1) is 0 Å². The molecule has 2 aromatic carbocycles. The van der Waals surface area contributed by atoms with Crippen molar-refractivity contribution in [3.05, 3.63) is 58.7 Å². The van der Waals surface area contributed by atoms with Crippen LogP contribution in [0.2, 0.25) is 0 Å². The zero-order valence-electron chi connectivity index (χ0n) is 11.9. The van der Waals surface area contributed by atoms with Gasteiger partial charge in [-0.25, -0.2) is 0 Å². The molecule has 0 aliphatic carbocycles. The Balaban J connectivity index is 2.00. The first kappa shape index (κ1) is 14.7. The van der Waals surface area contributed by atoms with Crippen molar-refractivity contribution in [2.75, 3.05) is 0 Å². The van der Waals surface area contributed by atoms with Crippen molar-refractivity contribution < 1.29 is 4.31 Å². The van der Waals surface area contributed by atoms with E-state index in [0.717, 1.165) is 0 Å². The maximum absolute atomic E-state index is 5.93. The second kappa shape index (κ2) is 6.62. The molecule has 1 nitrogen and oxygen atoms in total. The standard InChI is InChI=1S/C16H20OP2/c1-11-5-7-13(3)15(9-11)18-17-19-16-10-12(2)6-8-14(16)4/h5-10,18-19H,1-4H3. The third-order valence-electron chi connectivity index (χ3n) is 3.11. The van der Waals surface area contributed by atoms with Gasteiger partial charge >= 0.3 is 0 Å². The molecule has 0 spiro atoms. The van der Waals surface area contributed by atoms with Crippen LogP contribution in [0.5, 0.6) is 0 Å². The summed E-state index contributed by atoms with van der Waals surface area (Å²) in [5.41, 5.74) is 5.22. The van der Waals surface area contributed by atoms with Gasteiger partial charge in [0.2, 0.25) is 0 Å². The van der Waals surface area contributed by atoms with Crippen molar-refractivity contribution in [3.63, 3.8) is 0 Å². The highest BCUT2D eigenvalue weighted by atomic mass is 31.2. The molecular formula is C16H20OP2. The van der Waals surface area contributed by atoms with E-state index in [0.29, 0.717) is 17.6 Å². The van der Waals surface area contributed by atoms with Gasteiger partial charge in [-0.2, -0.15) is 0 Å². The first-order valence-corrected chi connectivity index (χ1v) is 8.20. The smallest absolute Gasteiger partial charge is 0.0513 e. The summed E-state index contributed by atoms with van der Waals surface area (Å²) in [4.78, 5) is 0. The van der Waals surface area contributed by atoms with Crippen molar-refractivity contribution in [3.8, 4) is 0 Å². The number of hydrogen-bond donors (Lipinski definition) is 0. The van der Waals surface area contributed by atoms with Gasteiger partial charge in [-0.1, -0.05) is 35.4 Å². The molecule has 0 saturated carbocycles. The summed E-state index contributed by atoms with van der Waals surface area (Å²) in [5, 5.41) is 2.63. The van der Waals surface area contributed by atoms with Crippen LogP contribution >= 0.6 is 17.6 Å². The predicted octanol–water partition coefficient (Wildman–Crippen LogP) is 4.07. The summed E-state index contributed by atoms with van der Waals surface area (Å²) in [6, 6.07) is 13.1. The van der Waals surface area contributed by atoms with Gasteiger partial charge in [-0.05, 0) is 51.0 Å². The molecule has 19 heavy (non-hydrogen) atoms. The summed E-state index contributed by atoms with van der Waals surface area (Å²) < 4.78 is 5.93. The van der Waals surface area contributed by atoms with Crippen LogP contribution in [0.15, 0.2) is 36.4 Å². The molecule has 100 valence electrons. The molecule has 0 saturated heterocycles.